The van der Waals surface area contributed by atoms with Crippen molar-refractivity contribution in [1.29, 1.82) is 0 Å². The summed E-state index contributed by atoms with van der Waals surface area (Å²) in [5, 5.41) is 36.6. The lowest BCUT2D eigenvalue weighted by atomic mass is 9.87. The largest absolute Gasteiger partial charge is 0.396 e. The molecule has 0 aliphatic heterocycles. The minimum Gasteiger partial charge on any atom is -0.396 e. The van der Waals surface area contributed by atoms with Gasteiger partial charge in [-0.15, -0.1) is 0 Å². The summed E-state index contributed by atoms with van der Waals surface area (Å²) < 4.78 is 0. The van der Waals surface area contributed by atoms with E-state index in [1.54, 1.807) is 0 Å². The zero-order chi connectivity index (χ0) is 9.78. The second-order valence-corrected chi connectivity index (χ2v) is 3.17. The molecule has 0 heterocycles. The summed E-state index contributed by atoms with van der Waals surface area (Å²) in [6.45, 7) is 2.79. The van der Waals surface area contributed by atoms with Gasteiger partial charge < -0.3 is 20.4 Å². The Balaban J connectivity index is 4.19. The van der Waals surface area contributed by atoms with Crippen LogP contribution in [0.4, 0.5) is 0 Å². The lowest BCUT2D eigenvalue weighted by molar-refractivity contribution is -0.140. The third-order valence-electron chi connectivity index (χ3n) is 2.18. The third kappa shape index (κ3) is 2.71. The van der Waals surface area contributed by atoms with Crippen molar-refractivity contribution in [1.82, 2.24) is 0 Å². The van der Waals surface area contributed by atoms with E-state index in [4.69, 9.17) is 5.11 Å². The first-order valence-electron chi connectivity index (χ1n) is 4.14. The van der Waals surface area contributed by atoms with Crippen LogP contribution >= 0.6 is 0 Å². The van der Waals surface area contributed by atoms with Crippen LogP contribution < -0.4 is 0 Å². The molecule has 0 aromatic rings. The Labute approximate surface area is 72.5 Å². The van der Waals surface area contributed by atoms with Gasteiger partial charge in [0.2, 0.25) is 0 Å². The minimum absolute atomic E-state index is 0.0538. The molecule has 0 aliphatic carbocycles. The molecule has 0 bridgehead atoms. The van der Waals surface area contributed by atoms with E-state index in [2.05, 4.69) is 0 Å². The topological polar surface area (TPSA) is 80.9 Å². The molecule has 74 valence electrons. The Morgan fingerprint density at radius 1 is 1.17 bits per heavy atom. The van der Waals surface area contributed by atoms with Gasteiger partial charge in [-0.2, -0.15) is 0 Å². The first-order chi connectivity index (χ1) is 5.45. The number of aliphatic hydroxyl groups excluding tert-OH is 3. The lowest BCUT2D eigenvalue weighted by Gasteiger charge is -2.33. The zero-order valence-electron chi connectivity index (χ0n) is 7.56. The number of rotatable bonds is 5. The molecule has 0 spiro atoms. The highest BCUT2D eigenvalue weighted by atomic mass is 16.4. The van der Waals surface area contributed by atoms with Gasteiger partial charge in [-0.3, -0.25) is 0 Å². The summed E-state index contributed by atoms with van der Waals surface area (Å²) in [5.74, 6) is 0. The van der Waals surface area contributed by atoms with Gasteiger partial charge in [0.1, 0.15) is 5.60 Å². The summed E-state index contributed by atoms with van der Waals surface area (Å²) in [4.78, 5) is 0. The van der Waals surface area contributed by atoms with E-state index < -0.39 is 17.8 Å². The molecule has 2 unspecified atom stereocenters. The fourth-order valence-corrected chi connectivity index (χ4v) is 1.13. The Morgan fingerprint density at radius 2 is 1.58 bits per heavy atom. The SMILES string of the molecule is CC(O)C(O)(CCCO)C(C)O. The molecule has 0 aromatic carbocycles. The summed E-state index contributed by atoms with van der Waals surface area (Å²) in [6.07, 6.45) is -1.43. The predicted octanol–water partition coefficient (Wildman–Crippen LogP) is -0.748. The molecule has 4 heteroatoms. The van der Waals surface area contributed by atoms with Gasteiger partial charge in [-0.05, 0) is 26.7 Å². The van der Waals surface area contributed by atoms with Crippen LogP contribution in [0.5, 0.6) is 0 Å². The van der Waals surface area contributed by atoms with Crippen molar-refractivity contribution >= 4 is 0 Å². The van der Waals surface area contributed by atoms with Crippen LogP contribution in [0.15, 0.2) is 0 Å². The highest BCUT2D eigenvalue weighted by Gasteiger charge is 2.36. The Bertz CT molecular complexity index is 114. The van der Waals surface area contributed by atoms with Crippen LogP contribution in [-0.2, 0) is 0 Å². The maximum Gasteiger partial charge on any atom is 0.116 e. The summed E-state index contributed by atoms with van der Waals surface area (Å²) in [6, 6.07) is 0. The average molecular weight is 178 g/mol. The van der Waals surface area contributed by atoms with E-state index in [0.29, 0.717) is 6.42 Å². The maximum atomic E-state index is 9.69. The zero-order valence-corrected chi connectivity index (χ0v) is 7.56. The fraction of sp³-hybridized carbons (Fsp3) is 1.00. The van der Waals surface area contributed by atoms with Crippen molar-refractivity contribution < 1.29 is 20.4 Å². The summed E-state index contributed by atoms with van der Waals surface area (Å²) >= 11 is 0. The smallest absolute Gasteiger partial charge is 0.116 e. The van der Waals surface area contributed by atoms with E-state index in [1.807, 2.05) is 0 Å². The van der Waals surface area contributed by atoms with E-state index in [1.165, 1.54) is 13.8 Å². The Morgan fingerprint density at radius 3 is 1.83 bits per heavy atom. The van der Waals surface area contributed by atoms with Gasteiger partial charge in [0.25, 0.3) is 0 Å². The molecular weight excluding hydrogens is 160 g/mol. The molecule has 0 aromatic heterocycles. The van der Waals surface area contributed by atoms with Gasteiger partial charge in [0, 0.05) is 6.61 Å². The summed E-state index contributed by atoms with van der Waals surface area (Å²) in [7, 11) is 0. The first-order valence-corrected chi connectivity index (χ1v) is 4.14. The molecule has 4 nitrogen and oxygen atoms in total. The molecular formula is C8H18O4. The fourth-order valence-electron chi connectivity index (χ4n) is 1.13. The van der Waals surface area contributed by atoms with Crippen molar-refractivity contribution in [2.75, 3.05) is 6.61 Å². The van der Waals surface area contributed by atoms with E-state index in [0.717, 1.165) is 0 Å². The van der Waals surface area contributed by atoms with Gasteiger partial charge in [0.05, 0.1) is 12.2 Å². The predicted molar refractivity (Wildman–Crippen MR) is 44.6 cm³/mol. The quantitative estimate of drug-likeness (QED) is 0.446. The minimum atomic E-state index is -1.50. The highest BCUT2D eigenvalue weighted by Crippen LogP contribution is 2.21. The van der Waals surface area contributed by atoms with Crippen LogP contribution in [0.3, 0.4) is 0 Å². The van der Waals surface area contributed by atoms with Gasteiger partial charge in [0.15, 0.2) is 0 Å². The number of hydrogen-bond acceptors (Lipinski definition) is 4. The molecule has 12 heavy (non-hydrogen) atoms. The summed E-state index contributed by atoms with van der Waals surface area (Å²) in [5.41, 5.74) is -1.50. The van der Waals surface area contributed by atoms with E-state index in [9.17, 15) is 15.3 Å². The molecule has 0 radical (unpaired) electrons. The number of aliphatic hydroxyl groups is 4. The molecule has 2 atom stereocenters. The molecule has 0 rings (SSSR count). The molecule has 4 N–H and O–H groups in total. The standard InChI is InChI=1S/C8H18O4/c1-6(10)8(12,7(2)11)4-3-5-9/h6-7,9-12H,3-5H2,1-2H3. The van der Waals surface area contributed by atoms with Crippen molar-refractivity contribution in [3.8, 4) is 0 Å². The molecule has 0 saturated heterocycles. The van der Waals surface area contributed by atoms with Crippen molar-refractivity contribution in [2.45, 2.75) is 44.5 Å². The molecule has 0 saturated carbocycles. The monoisotopic (exact) mass is 178 g/mol. The van der Waals surface area contributed by atoms with Crippen LogP contribution in [0.2, 0.25) is 0 Å². The third-order valence-corrected chi connectivity index (χ3v) is 2.18. The van der Waals surface area contributed by atoms with Crippen LogP contribution in [-0.4, -0.2) is 44.8 Å². The Hall–Kier alpha value is -0.160. The second-order valence-electron chi connectivity index (χ2n) is 3.17. The molecule has 0 amide bonds. The number of hydrogen-bond donors (Lipinski definition) is 4. The van der Waals surface area contributed by atoms with Crippen LogP contribution in [0.1, 0.15) is 26.7 Å². The van der Waals surface area contributed by atoms with Gasteiger partial charge in [-0.1, -0.05) is 0 Å². The van der Waals surface area contributed by atoms with Crippen LogP contribution in [0.25, 0.3) is 0 Å². The van der Waals surface area contributed by atoms with Gasteiger partial charge in [-0.25, -0.2) is 0 Å². The van der Waals surface area contributed by atoms with E-state index >= 15 is 0 Å². The lowest BCUT2D eigenvalue weighted by Crippen LogP contribution is -2.49. The first kappa shape index (κ1) is 11.8. The second kappa shape index (κ2) is 4.77. The molecule has 0 aliphatic rings. The maximum absolute atomic E-state index is 9.69. The van der Waals surface area contributed by atoms with E-state index in [-0.39, 0.29) is 13.0 Å². The normalized spacial score (nSPS) is 21.5. The van der Waals surface area contributed by atoms with Crippen molar-refractivity contribution in [2.24, 2.45) is 0 Å². The highest BCUT2D eigenvalue weighted by molar-refractivity contribution is 4.88. The Kier molecular flexibility index (Phi) is 4.70. The van der Waals surface area contributed by atoms with Crippen LogP contribution in [0, 0.1) is 0 Å². The van der Waals surface area contributed by atoms with Gasteiger partial charge >= 0.3 is 0 Å². The molecule has 0 fully saturated rings. The van der Waals surface area contributed by atoms with Crippen molar-refractivity contribution in [3.63, 3.8) is 0 Å². The average Bonchev–Trinajstić information content (AvgIpc) is 1.99. The van der Waals surface area contributed by atoms with Crippen molar-refractivity contribution in [3.05, 3.63) is 0 Å².